The molecule has 1 rings (SSSR count). The van der Waals surface area contributed by atoms with Crippen molar-refractivity contribution < 1.29 is 12.8 Å². The van der Waals surface area contributed by atoms with E-state index in [1.54, 1.807) is 0 Å². The minimum Gasteiger partial charge on any atom is -0.383 e. The molecule has 0 bridgehead atoms. The lowest BCUT2D eigenvalue weighted by atomic mass is 10.2. The van der Waals surface area contributed by atoms with Crippen molar-refractivity contribution in [3.05, 3.63) is 29.6 Å². The number of halogens is 1. The third-order valence-corrected chi connectivity index (χ3v) is 3.14. The summed E-state index contributed by atoms with van der Waals surface area (Å²) in [4.78, 5) is 0. The van der Waals surface area contributed by atoms with Crippen LogP contribution in [-0.4, -0.2) is 27.0 Å². The molecule has 0 spiro atoms. The average Bonchev–Trinajstić information content (AvgIpc) is 2.24. The first-order chi connectivity index (χ1) is 7.92. The highest BCUT2D eigenvalue weighted by atomic mass is 32.2. The molecule has 0 aliphatic carbocycles. The highest BCUT2D eigenvalue weighted by Crippen LogP contribution is 2.15. The van der Waals surface area contributed by atoms with E-state index >= 15 is 0 Å². The molecule has 0 saturated heterocycles. The van der Waals surface area contributed by atoms with E-state index in [9.17, 15) is 12.8 Å². The zero-order chi connectivity index (χ0) is 12.9. The number of nitrogens with one attached hydrogen (secondary N) is 1. The van der Waals surface area contributed by atoms with E-state index < -0.39 is 15.7 Å². The number of anilines is 1. The average molecular weight is 256 g/mol. The lowest BCUT2D eigenvalue weighted by Gasteiger charge is -2.07. The Kier molecular flexibility index (Phi) is 4.46. The maximum Gasteiger partial charge on any atom is 0.147 e. The maximum atomic E-state index is 13.4. The standard InChI is InChI=1S/C11H13FN2O2S/c1-17(15,16)6-2-5-14-11-4-3-9(8-13)7-10(11)12/h3-4,7,14H,2,5-6H2,1H3. The Morgan fingerprint density at radius 1 is 1.47 bits per heavy atom. The molecule has 92 valence electrons. The molecule has 0 fully saturated rings. The minimum atomic E-state index is -2.98. The molecule has 1 N–H and O–H groups in total. The van der Waals surface area contributed by atoms with E-state index in [2.05, 4.69) is 5.32 Å². The summed E-state index contributed by atoms with van der Waals surface area (Å²) in [5, 5.41) is 11.3. The van der Waals surface area contributed by atoms with Crippen LogP contribution in [-0.2, 0) is 9.84 Å². The molecule has 0 aliphatic rings. The first kappa shape index (κ1) is 13.5. The number of nitriles is 1. The van der Waals surface area contributed by atoms with Crippen molar-refractivity contribution >= 4 is 15.5 Å². The van der Waals surface area contributed by atoms with Gasteiger partial charge >= 0.3 is 0 Å². The Bertz CT molecular complexity index is 535. The molecule has 1 aromatic rings. The normalized spacial score (nSPS) is 10.9. The third-order valence-electron chi connectivity index (χ3n) is 2.11. The van der Waals surface area contributed by atoms with Gasteiger partial charge in [-0.2, -0.15) is 5.26 Å². The van der Waals surface area contributed by atoms with Gasteiger partial charge in [0, 0.05) is 12.8 Å². The topological polar surface area (TPSA) is 70.0 Å². The fraction of sp³-hybridized carbons (Fsp3) is 0.364. The van der Waals surface area contributed by atoms with Crippen LogP contribution in [0.2, 0.25) is 0 Å². The molecule has 4 nitrogen and oxygen atoms in total. The lowest BCUT2D eigenvalue weighted by molar-refractivity contribution is 0.599. The molecule has 17 heavy (non-hydrogen) atoms. The molecule has 0 saturated carbocycles. The van der Waals surface area contributed by atoms with Gasteiger partial charge in [0.2, 0.25) is 0 Å². The van der Waals surface area contributed by atoms with Crippen molar-refractivity contribution in [2.75, 3.05) is 23.9 Å². The van der Waals surface area contributed by atoms with Crippen LogP contribution in [0, 0.1) is 17.1 Å². The van der Waals surface area contributed by atoms with Gasteiger partial charge in [-0.1, -0.05) is 0 Å². The predicted molar refractivity (Wildman–Crippen MR) is 63.9 cm³/mol. The monoisotopic (exact) mass is 256 g/mol. The van der Waals surface area contributed by atoms with E-state index in [1.165, 1.54) is 12.1 Å². The van der Waals surface area contributed by atoms with Gasteiger partial charge in [0.05, 0.1) is 23.1 Å². The highest BCUT2D eigenvalue weighted by Gasteiger charge is 2.04. The third kappa shape index (κ3) is 4.83. The van der Waals surface area contributed by atoms with Crippen LogP contribution < -0.4 is 5.32 Å². The van der Waals surface area contributed by atoms with Gasteiger partial charge in [0.25, 0.3) is 0 Å². The summed E-state index contributed by atoms with van der Waals surface area (Å²) in [6.07, 6.45) is 1.58. The van der Waals surface area contributed by atoms with E-state index in [0.29, 0.717) is 13.0 Å². The summed E-state index contributed by atoms with van der Waals surface area (Å²) in [6, 6.07) is 5.94. The van der Waals surface area contributed by atoms with Crippen molar-refractivity contribution in [2.45, 2.75) is 6.42 Å². The molecular formula is C11H13FN2O2S. The van der Waals surface area contributed by atoms with Gasteiger partial charge in [-0.25, -0.2) is 12.8 Å². The minimum absolute atomic E-state index is 0.0674. The Morgan fingerprint density at radius 3 is 2.71 bits per heavy atom. The first-order valence-electron chi connectivity index (χ1n) is 5.03. The van der Waals surface area contributed by atoms with Gasteiger partial charge < -0.3 is 5.32 Å². The van der Waals surface area contributed by atoms with Crippen LogP contribution in [0.15, 0.2) is 18.2 Å². The molecule has 6 heteroatoms. The maximum absolute atomic E-state index is 13.4. The smallest absolute Gasteiger partial charge is 0.147 e. The number of hydrogen-bond donors (Lipinski definition) is 1. The van der Waals surface area contributed by atoms with Crippen LogP contribution in [0.3, 0.4) is 0 Å². The molecule has 0 unspecified atom stereocenters. The Labute approximate surface area is 100.0 Å². The number of sulfone groups is 1. The van der Waals surface area contributed by atoms with Crippen molar-refractivity contribution in [1.29, 1.82) is 5.26 Å². The summed E-state index contributed by atoms with van der Waals surface area (Å²) >= 11 is 0. The number of hydrogen-bond acceptors (Lipinski definition) is 4. The summed E-state index contributed by atoms with van der Waals surface area (Å²) in [5.41, 5.74) is 0.529. The van der Waals surface area contributed by atoms with E-state index in [0.717, 1.165) is 12.3 Å². The predicted octanol–water partition coefficient (Wildman–Crippen LogP) is 1.54. The van der Waals surface area contributed by atoms with Crippen molar-refractivity contribution in [1.82, 2.24) is 0 Å². The van der Waals surface area contributed by atoms with Crippen molar-refractivity contribution in [3.63, 3.8) is 0 Å². The quantitative estimate of drug-likeness (QED) is 0.811. The van der Waals surface area contributed by atoms with Crippen LogP contribution in [0.25, 0.3) is 0 Å². The summed E-state index contributed by atoms with van der Waals surface area (Å²) in [6.45, 7) is 0.371. The fourth-order valence-electron chi connectivity index (χ4n) is 1.29. The van der Waals surface area contributed by atoms with Gasteiger partial charge in [-0.3, -0.25) is 0 Å². The van der Waals surface area contributed by atoms with E-state index in [-0.39, 0.29) is 17.0 Å². The molecular weight excluding hydrogens is 243 g/mol. The second kappa shape index (κ2) is 5.64. The Morgan fingerprint density at radius 2 is 2.18 bits per heavy atom. The van der Waals surface area contributed by atoms with Gasteiger partial charge in [0.1, 0.15) is 15.7 Å². The lowest BCUT2D eigenvalue weighted by Crippen LogP contribution is -2.10. The molecule has 0 aliphatic heterocycles. The van der Waals surface area contributed by atoms with Gasteiger partial charge in [-0.05, 0) is 24.6 Å². The largest absolute Gasteiger partial charge is 0.383 e. The highest BCUT2D eigenvalue weighted by molar-refractivity contribution is 7.90. The number of rotatable bonds is 5. The SMILES string of the molecule is CS(=O)(=O)CCCNc1ccc(C#N)cc1F. The Hall–Kier alpha value is -1.61. The fourth-order valence-corrected chi connectivity index (χ4v) is 1.95. The zero-order valence-corrected chi connectivity index (χ0v) is 10.2. The molecule has 0 radical (unpaired) electrons. The van der Waals surface area contributed by atoms with Crippen LogP contribution >= 0.6 is 0 Å². The number of nitrogens with zero attached hydrogens (tertiary/aromatic N) is 1. The molecule has 1 aromatic carbocycles. The van der Waals surface area contributed by atoms with Crippen molar-refractivity contribution in [3.8, 4) is 6.07 Å². The van der Waals surface area contributed by atoms with Crippen LogP contribution in [0.1, 0.15) is 12.0 Å². The van der Waals surface area contributed by atoms with Gasteiger partial charge in [0.15, 0.2) is 0 Å². The van der Waals surface area contributed by atoms with Crippen LogP contribution in [0.5, 0.6) is 0 Å². The zero-order valence-electron chi connectivity index (χ0n) is 9.40. The molecule has 0 amide bonds. The molecule has 0 heterocycles. The van der Waals surface area contributed by atoms with Crippen LogP contribution in [0.4, 0.5) is 10.1 Å². The van der Waals surface area contributed by atoms with Gasteiger partial charge in [-0.15, -0.1) is 0 Å². The van der Waals surface area contributed by atoms with E-state index in [4.69, 9.17) is 5.26 Å². The second-order valence-corrected chi connectivity index (χ2v) is 5.98. The summed E-state index contributed by atoms with van der Waals surface area (Å²) in [7, 11) is -2.98. The van der Waals surface area contributed by atoms with E-state index in [1.807, 2.05) is 6.07 Å². The molecule has 0 atom stereocenters. The summed E-state index contributed by atoms with van der Waals surface area (Å²) < 4.78 is 35.1. The number of benzene rings is 1. The Balaban J connectivity index is 2.51. The molecule has 0 aromatic heterocycles. The second-order valence-electron chi connectivity index (χ2n) is 3.72. The summed E-state index contributed by atoms with van der Waals surface area (Å²) in [5.74, 6) is -0.443. The first-order valence-corrected chi connectivity index (χ1v) is 7.09. The van der Waals surface area contributed by atoms with Crippen molar-refractivity contribution in [2.24, 2.45) is 0 Å².